The first-order valence-electron chi connectivity index (χ1n) is 11.5. The van der Waals surface area contributed by atoms with Crippen molar-refractivity contribution >= 4 is 40.0 Å². The molecule has 3 aromatic carbocycles. The van der Waals surface area contributed by atoms with Crippen LogP contribution < -0.4 is 15.5 Å². The van der Waals surface area contributed by atoms with Gasteiger partial charge in [0.05, 0.1) is 0 Å². The van der Waals surface area contributed by atoms with Crippen LogP contribution in [0.3, 0.4) is 0 Å². The molecule has 1 atom stereocenters. The normalized spacial score (nSPS) is 17.9. The summed E-state index contributed by atoms with van der Waals surface area (Å²) in [6.07, 6.45) is 0. The number of carbonyl (C=O) groups excluding carboxylic acids is 3. The number of benzene rings is 3. The predicted molar refractivity (Wildman–Crippen MR) is 135 cm³/mol. The van der Waals surface area contributed by atoms with Crippen molar-refractivity contribution in [3.63, 3.8) is 0 Å². The zero-order valence-corrected chi connectivity index (χ0v) is 20.0. The van der Waals surface area contributed by atoms with E-state index in [-0.39, 0.29) is 6.54 Å². The van der Waals surface area contributed by atoms with E-state index in [1.165, 1.54) is 0 Å². The molecule has 3 aromatic rings. The van der Waals surface area contributed by atoms with Crippen LogP contribution in [0.15, 0.2) is 66.7 Å². The average Bonchev–Trinajstić information content (AvgIpc) is 3.03. The number of hydrogen-bond donors (Lipinski definition) is 2. The number of anilines is 2. The van der Waals surface area contributed by atoms with Crippen LogP contribution in [0.4, 0.5) is 16.2 Å². The lowest BCUT2D eigenvalue weighted by atomic mass is 9.88. The number of hydrogen-bond acceptors (Lipinski definition) is 4. The maximum atomic E-state index is 13.3. The first kappa shape index (κ1) is 23.3. The van der Waals surface area contributed by atoms with Crippen LogP contribution in [-0.4, -0.2) is 41.9 Å². The molecule has 7 heteroatoms. The summed E-state index contributed by atoms with van der Waals surface area (Å²) in [7, 11) is 0. The van der Waals surface area contributed by atoms with Gasteiger partial charge in [-0.1, -0.05) is 42.5 Å². The summed E-state index contributed by atoms with van der Waals surface area (Å²) in [5.41, 5.74) is 1.13. The minimum absolute atomic E-state index is 0.361. The lowest BCUT2D eigenvalue weighted by Gasteiger charge is -2.27. The van der Waals surface area contributed by atoms with Crippen LogP contribution >= 0.6 is 0 Å². The van der Waals surface area contributed by atoms with Gasteiger partial charge in [0.1, 0.15) is 12.1 Å². The Hall–Kier alpha value is -3.87. The highest BCUT2D eigenvalue weighted by Crippen LogP contribution is 2.33. The Kier molecular flexibility index (Phi) is 6.28. The molecule has 4 rings (SSSR count). The van der Waals surface area contributed by atoms with Gasteiger partial charge in [0.2, 0.25) is 5.91 Å². The molecule has 1 aliphatic heterocycles. The van der Waals surface area contributed by atoms with Crippen molar-refractivity contribution in [3.8, 4) is 0 Å². The molecule has 0 aromatic heterocycles. The fourth-order valence-corrected chi connectivity index (χ4v) is 4.61. The van der Waals surface area contributed by atoms with Crippen molar-refractivity contribution in [2.75, 3.05) is 23.3 Å². The molecular weight excluding hydrogens is 428 g/mol. The summed E-state index contributed by atoms with van der Waals surface area (Å²) in [5, 5.41) is 7.44. The van der Waals surface area contributed by atoms with E-state index < -0.39 is 23.4 Å². The topological polar surface area (TPSA) is 81.8 Å². The van der Waals surface area contributed by atoms with Gasteiger partial charge in [0.15, 0.2) is 0 Å². The van der Waals surface area contributed by atoms with Gasteiger partial charge >= 0.3 is 6.03 Å². The number of urea groups is 1. The summed E-state index contributed by atoms with van der Waals surface area (Å²) in [4.78, 5) is 42.0. The monoisotopic (exact) mass is 458 g/mol. The van der Waals surface area contributed by atoms with Crippen LogP contribution in [0.5, 0.6) is 0 Å². The number of rotatable bonds is 7. The molecule has 0 saturated carbocycles. The van der Waals surface area contributed by atoms with Gasteiger partial charge in [0.25, 0.3) is 5.91 Å². The van der Waals surface area contributed by atoms with Gasteiger partial charge in [-0.2, -0.15) is 0 Å². The van der Waals surface area contributed by atoms with Crippen molar-refractivity contribution in [2.45, 2.75) is 39.3 Å². The maximum Gasteiger partial charge on any atom is 0.325 e. The van der Waals surface area contributed by atoms with Gasteiger partial charge < -0.3 is 15.5 Å². The summed E-state index contributed by atoms with van der Waals surface area (Å²) in [6, 6.07) is 20.7. The largest absolute Gasteiger partial charge is 0.369 e. The molecule has 1 fully saturated rings. The molecule has 0 radical (unpaired) electrons. The lowest BCUT2D eigenvalue weighted by Crippen LogP contribution is -2.42. The summed E-state index contributed by atoms with van der Waals surface area (Å²) in [5.74, 6) is -0.885. The number of nitrogens with one attached hydrogen (secondary N) is 2. The second-order valence-electron chi connectivity index (χ2n) is 8.95. The Morgan fingerprint density at radius 1 is 1.03 bits per heavy atom. The van der Waals surface area contributed by atoms with Crippen LogP contribution in [-0.2, 0) is 15.1 Å². The number of fused-ring (bicyclic) bond motifs is 1. The second-order valence-corrected chi connectivity index (χ2v) is 8.95. The zero-order chi connectivity index (χ0) is 24.5. The standard InChI is InChI=1S/C27H30N4O3/c1-5-30(18(2)3)21-15-13-20(14-16-21)28-24(32)17-31-25(33)27(4,29-26(31)34)23-12-8-10-19-9-6-7-11-22(19)23/h6-16,18H,5,17H2,1-4H3,(H,28,32)(H,29,34). The van der Waals surface area contributed by atoms with Gasteiger partial charge in [-0.3, -0.25) is 14.5 Å². The van der Waals surface area contributed by atoms with E-state index in [1.54, 1.807) is 6.92 Å². The molecular formula is C27H30N4O3. The molecule has 0 aliphatic carbocycles. The van der Waals surface area contributed by atoms with Crippen molar-refractivity contribution in [3.05, 3.63) is 72.3 Å². The molecule has 7 nitrogen and oxygen atoms in total. The van der Waals surface area contributed by atoms with Gasteiger partial charge in [-0.05, 0) is 68.3 Å². The molecule has 34 heavy (non-hydrogen) atoms. The smallest absolute Gasteiger partial charge is 0.325 e. The Balaban J connectivity index is 1.49. The van der Waals surface area contributed by atoms with Gasteiger partial charge in [-0.15, -0.1) is 0 Å². The van der Waals surface area contributed by atoms with Crippen molar-refractivity contribution < 1.29 is 14.4 Å². The van der Waals surface area contributed by atoms with E-state index in [9.17, 15) is 14.4 Å². The third-order valence-corrected chi connectivity index (χ3v) is 6.35. The van der Waals surface area contributed by atoms with E-state index in [1.807, 2.05) is 66.7 Å². The number of nitrogens with zero attached hydrogens (tertiary/aromatic N) is 2. The van der Waals surface area contributed by atoms with Gasteiger partial charge in [0, 0.05) is 24.0 Å². The van der Waals surface area contributed by atoms with Gasteiger partial charge in [-0.25, -0.2) is 4.79 Å². The SMILES string of the molecule is CCN(c1ccc(NC(=O)CN2C(=O)NC(C)(c3cccc4ccccc34)C2=O)cc1)C(C)C. The van der Waals surface area contributed by atoms with E-state index in [0.29, 0.717) is 17.3 Å². The molecule has 1 unspecified atom stereocenters. The van der Waals surface area contributed by atoms with E-state index in [0.717, 1.165) is 27.9 Å². The second kappa shape index (κ2) is 9.17. The van der Waals surface area contributed by atoms with Crippen LogP contribution in [0.1, 0.15) is 33.3 Å². The van der Waals surface area contributed by atoms with E-state index >= 15 is 0 Å². The maximum absolute atomic E-state index is 13.3. The summed E-state index contributed by atoms with van der Waals surface area (Å²) >= 11 is 0. The Bertz CT molecular complexity index is 1230. The first-order chi connectivity index (χ1) is 16.2. The highest BCUT2D eigenvalue weighted by atomic mass is 16.2. The molecule has 0 spiro atoms. The van der Waals surface area contributed by atoms with E-state index in [2.05, 4.69) is 36.3 Å². The number of amides is 4. The molecule has 176 valence electrons. The fourth-order valence-electron chi connectivity index (χ4n) is 4.61. The molecule has 1 saturated heterocycles. The first-order valence-corrected chi connectivity index (χ1v) is 11.5. The minimum atomic E-state index is -1.25. The third-order valence-electron chi connectivity index (χ3n) is 6.35. The number of imide groups is 1. The quantitative estimate of drug-likeness (QED) is 0.512. The third kappa shape index (κ3) is 4.21. The van der Waals surface area contributed by atoms with Crippen molar-refractivity contribution in [1.82, 2.24) is 10.2 Å². The molecule has 1 aliphatic rings. The summed E-state index contributed by atoms with van der Waals surface area (Å²) < 4.78 is 0. The average molecular weight is 459 g/mol. The molecule has 1 heterocycles. The molecule has 4 amide bonds. The van der Waals surface area contributed by atoms with Crippen LogP contribution in [0.25, 0.3) is 10.8 Å². The Morgan fingerprint density at radius 3 is 2.38 bits per heavy atom. The fraction of sp³-hybridized carbons (Fsp3) is 0.296. The Labute approximate surface area is 199 Å². The highest BCUT2D eigenvalue weighted by Gasteiger charge is 2.50. The van der Waals surface area contributed by atoms with Crippen LogP contribution in [0.2, 0.25) is 0 Å². The van der Waals surface area contributed by atoms with E-state index in [4.69, 9.17) is 0 Å². The predicted octanol–water partition coefficient (Wildman–Crippen LogP) is 4.48. The number of carbonyl (C=O) groups is 3. The Morgan fingerprint density at radius 2 is 1.71 bits per heavy atom. The van der Waals surface area contributed by atoms with Crippen molar-refractivity contribution in [2.24, 2.45) is 0 Å². The molecule has 0 bridgehead atoms. The van der Waals surface area contributed by atoms with Crippen LogP contribution in [0, 0.1) is 0 Å². The van der Waals surface area contributed by atoms with Crippen molar-refractivity contribution in [1.29, 1.82) is 0 Å². The minimum Gasteiger partial charge on any atom is -0.369 e. The summed E-state index contributed by atoms with van der Waals surface area (Å²) in [6.45, 7) is 8.55. The highest BCUT2D eigenvalue weighted by molar-refractivity contribution is 6.11. The lowest BCUT2D eigenvalue weighted by molar-refractivity contribution is -0.133. The zero-order valence-electron chi connectivity index (χ0n) is 20.0. The molecule has 2 N–H and O–H groups in total.